The minimum Gasteiger partial charge on any atom is -0.491 e. The summed E-state index contributed by atoms with van der Waals surface area (Å²) >= 11 is 0. The van der Waals surface area contributed by atoms with Crippen LogP contribution < -0.4 is 16.3 Å². The van der Waals surface area contributed by atoms with E-state index in [4.69, 9.17) is 21.1 Å². The van der Waals surface area contributed by atoms with Crippen LogP contribution in [0.2, 0.25) is 0 Å². The van der Waals surface area contributed by atoms with Gasteiger partial charge in [-0.05, 0) is 44.2 Å². The average Bonchev–Trinajstić information content (AvgIpc) is 2.65. The van der Waals surface area contributed by atoms with Crippen molar-refractivity contribution in [3.63, 3.8) is 0 Å². The van der Waals surface area contributed by atoms with E-state index in [1.54, 1.807) is 25.1 Å². The van der Waals surface area contributed by atoms with Gasteiger partial charge in [0.1, 0.15) is 12.4 Å². The number of aryl methyl sites for hydroxylation is 1. The highest BCUT2D eigenvalue weighted by Gasteiger charge is 2.19. The van der Waals surface area contributed by atoms with Crippen molar-refractivity contribution in [2.24, 2.45) is 17.5 Å². The van der Waals surface area contributed by atoms with Crippen LogP contribution in [0.5, 0.6) is 5.75 Å². The van der Waals surface area contributed by atoms with Gasteiger partial charge in [0.2, 0.25) is 0 Å². The van der Waals surface area contributed by atoms with Gasteiger partial charge in [-0.2, -0.15) is 0 Å². The summed E-state index contributed by atoms with van der Waals surface area (Å²) in [4.78, 5) is 18.2. The first-order valence-corrected chi connectivity index (χ1v) is 10.3. The van der Waals surface area contributed by atoms with Crippen molar-refractivity contribution in [1.29, 1.82) is 0 Å². The molecule has 1 aromatic heterocycles. The van der Waals surface area contributed by atoms with Crippen molar-refractivity contribution in [3.8, 4) is 5.75 Å². The summed E-state index contributed by atoms with van der Waals surface area (Å²) < 4.78 is 11.3. The maximum Gasteiger partial charge on any atom is 0.409 e. The Bertz CT molecular complexity index is 716. The van der Waals surface area contributed by atoms with E-state index in [0.717, 1.165) is 30.9 Å². The van der Waals surface area contributed by atoms with E-state index >= 15 is 0 Å². The summed E-state index contributed by atoms with van der Waals surface area (Å²) in [7, 11) is 3.37. The highest BCUT2D eigenvalue weighted by molar-refractivity contribution is 5.68. The Hall–Kier alpha value is -2.48. The lowest BCUT2D eigenvalue weighted by Crippen LogP contribution is -2.34. The van der Waals surface area contributed by atoms with Crippen molar-refractivity contribution in [2.75, 3.05) is 33.9 Å². The molecule has 8 nitrogen and oxygen atoms in total. The molecule has 1 heterocycles. The zero-order valence-electron chi connectivity index (χ0n) is 18.1. The normalized spacial score (nSPS) is 14.7. The Morgan fingerprint density at radius 2 is 2.03 bits per heavy atom. The predicted molar refractivity (Wildman–Crippen MR) is 114 cm³/mol. The molecule has 0 saturated heterocycles. The molecule has 0 aliphatic heterocycles. The molecule has 0 unspecified atom stereocenters. The van der Waals surface area contributed by atoms with Crippen LogP contribution in [0, 0.1) is 12.8 Å². The molecule has 1 aliphatic rings. The number of carbonyl (C=O) groups excluding carboxylic acids is 1. The van der Waals surface area contributed by atoms with Crippen molar-refractivity contribution in [2.45, 2.75) is 46.0 Å². The molecule has 1 aromatic rings. The first-order valence-electron chi connectivity index (χ1n) is 10.3. The molecule has 162 valence electrons. The van der Waals surface area contributed by atoms with E-state index in [-0.39, 0.29) is 6.61 Å². The second kappa shape index (κ2) is 10.9. The van der Waals surface area contributed by atoms with E-state index in [9.17, 15) is 4.79 Å². The average molecular weight is 406 g/mol. The van der Waals surface area contributed by atoms with E-state index in [2.05, 4.69) is 11.9 Å². The number of rotatable bonds is 10. The van der Waals surface area contributed by atoms with Crippen LogP contribution >= 0.6 is 0 Å². The van der Waals surface area contributed by atoms with E-state index in [0.29, 0.717) is 29.6 Å². The number of likely N-dealkylation sites (N-methyl/N-ethyl adjacent to an activating group) is 1. The third-order valence-corrected chi connectivity index (χ3v) is 5.24. The van der Waals surface area contributed by atoms with Gasteiger partial charge in [0.05, 0.1) is 29.4 Å². The van der Waals surface area contributed by atoms with Crippen LogP contribution in [-0.4, -0.2) is 54.8 Å². The van der Waals surface area contributed by atoms with Crippen molar-refractivity contribution in [1.82, 2.24) is 14.9 Å². The van der Waals surface area contributed by atoms with E-state index in [1.165, 1.54) is 24.3 Å². The summed E-state index contributed by atoms with van der Waals surface area (Å²) in [6, 6.07) is 3.68. The van der Waals surface area contributed by atoms with Gasteiger partial charge in [-0.1, -0.05) is 19.8 Å². The summed E-state index contributed by atoms with van der Waals surface area (Å²) in [5, 5.41) is 1.35. The molecule has 0 spiro atoms. The Morgan fingerprint density at radius 1 is 1.31 bits per heavy atom. The fourth-order valence-electron chi connectivity index (χ4n) is 2.96. The lowest BCUT2D eigenvalue weighted by atomic mass is 9.86. The van der Waals surface area contributed by atoms with E-state index < -0.39 is 6.09 Å². The van der Waals surface area contributed by atoms with Gasteiger partial charge in [-0.3, -0.25) is 0 Å². The quantitative estimate of drug-likeness (QED) is 0.455. The van der Waals surface area contributed by atoms with Gasteiger partial charge in [-0.15, -0.1) is 0 Å². The molecular weight excluding hydrogens is 370 g/mol. The molecule has 0 atom stereocenters. The Kier molecular flexibility index (Phi) is 8.57. The minimum absolute atomic E-state index is 0.0329. The number of nitrogens with zero attached hydrogens (tertiary/aromatic N) is 3. The van der Waals surface area contributed by atoms with Crippen molar-refractivity contribution in [3.05, 3.63) is 29.2 Å². The fourth-order valence-corrected chi connectivity index (χ4v) is 2.96. The largest absolute Gasteiger partial charge is 0.491 e. The molecule has 1 fully saturated rings. The second-order valence-corrected chi connectivity index (χ2v) is 7.69. The SMILES string of the molecule is CCCCN(C)C(=O)OC/C(=C(/N)c1ccc(OCC2CCC2)c(C)n1)N(C)N. The first kappa shape index (κ1) is 22.8. The number of aromatic nitrogens is 1. The zero-order chi connectivity index (χ0) is 21.4. The summed E-state index contributed by atoms with van der Waals surface area (Å²) in [5.41, 5.74) is 8.49. The van der Waals surface area contributed by atoms with Crippen LogP contribution in [0.1, 0.15) is 50.4 Å². The van der Waals surface area contributed by atoms with Gasteiger partial charge < -0.3 is 25.1 Å². The molecule has 4 N–H and O–H groups in total. The zero-order valence-corrected chi connectivity index (χ0v) is 18.1. The van der Waals surface area contributed by atoms with Crippen LogP contribution in [0.3, 0.4) is 0 Å². The van der Waals surface area contributed by atoms with E-state index in [1.807, 2.05) is 13.0 Å². The molecule has 0 bridgehead atoms. The highest BCUT2D eigenvalue weighted by atomic mass is 16.6. The smallest absolute Gasteiger partial charge is 0.409 e. The lowest BCUT2D eigenvalue weighted by molar-refractivity contribution is 0.113. The molecule has 8 heteroatoms. The summed E-state index contributed by atoms with van der Waals surface area (Å²) in [5.74, 6) is 7.34. The number of amides is 1. The topological polar surface area (TPSA) is 107 Å². The number of carbonyl (C=O) groups is 1. The summed E-state index contributed by atoms with van der Waals surface area (Å²) in [6.45, 7) is 5.30. The number of ether oxygens (including phenoxy) is 2. The Labute approximate surface area is 173 Å². The van der Waals surface area contributed by atoms with Gasteiger partial charge in [0.25, 0.3) is 0 Å². The maximum absolute atomic E-state index is 12.1. The van der Waals surface area contributed by atoms with Crippen LogP contribution in [0.15, 0.2) is 17.8 Å². The van der Waals surface area contributed by atoms with Crippen LogP contribution in [0.4, 0.5) is 4.79 Å². The van der Waals surface area contributed by atoms with Crippen molar-refractivity contribution >= 4 is 11.8 Å². The molecule has 0 radical (unpaired) electrons. The number of hydrogen-bond donors (Lipinski definition) is 2. The molecule has 29 heavy (non-hydrogen) atoms. The monoisotopic (exact) mass is 405 g/mol. The third-order valence-electron chi connectivity index (χ3n) is 5.24. The molecule has 2 rings (SSSR count). The highest BCUT2D eigenvalue weighted by Crippen LogP contribution is 2.28. The molecule has 1 amide bonds. The van der Waals surface area contributed by atoms with Gasteiger partial charge in [0.15, 0.2) is 0 Å². The molecule has 0 aromatic carbocycles. The standard InChI is InChI=1S/C21H35N5O3/c1-5-6-12-25(3)21(27)29-14-18(26(4)23)20(22)17-10-11-19(15(2)24-17)28-13-16-8-7-9-16/h10-11,16H,5-9,12-14,22-23H2,1-4H3/b20-18-. The van der Waals surface area contributed by atoms with Gasteiger partial charge >= 0.3 is 6.09 Å². The maximum atomic E-state index is 12.1. The minimum atomic E-state index is -0.408. The molecular formula is C21H35N5O3. The summed E-state index contributed by atoms with van der Waals surface area (Å²) in [6.07, 6.45) is 5.28. The Morgan fingerprint density at radius 3 is 2.59 bits per heavy atom. The van der Waals surface area contributed by atoms with Gasteiger partial charge in [-0.25, -0.2) is 15.6 Å². The number of unbranched alkanes of at least 4 members (excludes halogenated alkanes) is 1. The fraction of sp³-hybridized carbons (Fsp3) is 0.619. The molecule has 1 aliphatic carbocycles. The number of hydrazine groups is 1. The number of hydrogen-bond acceptors (Lipinski definition) is 7. The number of nitrogens with two attached hydrogens (primary N) is 2. The first-order chi connectivity index (χ1) is 13.8. The number of pyridine rings is 1. The van der Waals surface area contributed by atoms with Crippen LogP contribution in [0.25, 0.3) is 5.70 Å². The Balaban J connectivity index is 2.05. The second-order valence-electron chi connectivity index (χ2n) is 7.69. The third kappa shape index (κ3) is 6.52. The molecule has 1 saturated carbocycles. The van der Waals surface area contributed by atoms with Gasteiger partial charge in [0, 0.05) is 20.6 Å². The lowest BCUT2D eigenvalue weighted by Gasteiger charge is -2.25. The predicted octanol–water partition coefficient (Wildman–Crippen LogP) is 2.87. The van der Waals surface area contributed by atoms with Crippen molar-refractivity contribution < 1.29 is 14.3 Å². The van der Waals surface area contributed by atoms with Crippen LogP contribution in [-0.2, 0) is 4.74 Å².